The zero-order valence-electron chi connectivity index (χ0n) is 10.4. The van der Waals surface area contributed by atoms with E-state index in [0.29, 0.717) is 0 Å². The largest absolute Gasteiger partial charge is 0.381 e. The maximum Gasteiger partial charge on any atom is 0.0426 e. The van der Waals surface area contributed by atoms with E-state index in [9.17, 15) is 0 Å². The summed E-state index contributed by atoms with van der Waals surface area (Å²) in [5.41, 5.74) is 4.77. The molecule has 1 nitrogen and oxygen atoms in total. The van der Waals surface area contributed by atoms with Gasteiger partial charge in [0.2, 0.25) is 0 Å². The van der Waals surface area contributed by atoms with Crippen molar-refractivity contribution in [2.45, 2.75) is 20.4 Å². The highest BCUT2D eigenvalue weighted by atomic mass is 79.9. The van der Waals surface area contributed by atoms with E-state index in [-0.39, 0.29) is 0 Å². The third kappa shape index (κ3) is 3.27. The van der Waals surface area contributed by atoms with Crippen LogP contribution >= 0.6 is 27.5 Å². The van der Waals surface area contributed by atoms with Crippen molar-refractivity contribution in [2.75, 3.05) is 5.32 Å². The Morgan fingerprint density at radius 2 is 1.89 bits per heavy atom. The van der Waals surface area contributed by atoms with E-state index in [0.717, 1.165) is 21.7 Å². The Bertz CT molecular complexity index is 566. The van der Waals surface area contributed by atoms with Crippen LogP contribution in [0.4, 0.5) is 5.69 Å². The molecule has 1 N–H and O–H groups in total. The van der Waals surface area contributed by atoms with Crippen molar-refractivity contribution in [3.8, 4) is 0 Å². The molecule has 0 aliphatic carbocycles. The summed E-state index contributed by atoms with van der Waals surface area (Å²) >= 11 is 9.59. The fraction of sp³-hybridized carbons (Fsp3) is 0.200. The van der Waals surface area contributed by atoms with Crippen LogP contribution in [0.2, 0.25) is 5.02 Å². The number of halogens is 2. The quantitative estimate of drug-likeness (QED) is 0.804. The van der Waals surface area contributed by atoms with Gasteiger partial charge >= 0.3 is 0 Å². The molecule has 0 atom stereocenters. The summed E-state index contributed by atoms with van der Waals surface area (Å²) in [7, 11) is 0. The molecule has 0 aromatic heterocycles. The molecular formula is C15H15BrClN. The fourth-order valence-electron chi connectivity index (χ4n) is 1.77. The Morgan fingerprint density at radius 1 is 1.11 bits per heavy atom. The first-order valence-electron chi connectivity index (χ1n) is 5.81. The first-order chi connectivity index (χ1) is 8.56. The predicted octanol–water partition coefficient (Wildman–Crippen LogP) is 5.33. The zero-order chi connectivity index (χ0) is 13.1. The maximum absolute atomic E-state index is 6.00. The predicted molar refractivity (Wildman–Crippen MR) is 82.4 cm³/mol. The van der Waals surface area contributed by atoms with E-state index in [1.807, 2.05) is 18.2 Å². The summed E-state index contributed by atoms with van der Waals surface area (Å²) < 4.78 is 1.13. The van der Waals surface area contributed by atoms with E-state index in [1.54, 1.807) is 0 Å². The van der Waals surface area contributed by atoms with Crippen molar-refractivity contribution in [1.82, 2.24) is 0 Å². The van der Waals surface area contributed by atoms with Crippen molar-refractivity contribution in [1.29, 1.82) is 0 Å². The second kappa shape index (κ2) is 5.77. The van der Waals surface area contributed by atoms with Crippen LogP contribution in [0.5, 0.6) is 0 Å². The summed E-state index contributed by atoms with van der Waals surface area (Å²) in [4.78, 5) is 0. The lowest BCUT2D eigenvalue weighted by Crippen LogP contribution is -2.01. The molecule has 0 heterocycles. The summed E-state index contributed by atoms with van der Waals surface area (Å²) in [5.74, 6) is 0. The van der Waals surface area contributed by atoms with Gasteiger partial charge in [-0.05, 0) is 48.7 Å². The summed E-state index contributed by atoms with van der Waals surface area (Å²) in [6, 6.07) is 12.3. The molecular weight excluding hydrogens is 310 g/mol. The molecule has 0 saturated carbocycles. The van der Waals surface area contributed by atoms with E-state index in [2.05, 4.69) is 53.3 Å². The Balaban J connectivity index is 2.13. The number of nitrogens with one attached hydrogen (secondary N) is 1. The van der Waals surface area contributed by atoms with Crippen molar-refractivity contribution < 1.29 is 0 Å². The standard InChI is InChI=1S/C15H15BrClN/c1-10-3-5-12(14(16)7-10)9-18-15-8-13(17)6-4-11(15)2/h3-8,18H,9H2,1-2H3. The van der Waals surface area contributed by atoms with Crippen molar-refractivity contribution >= 4 is 33.2 Å². The molecule has 0 unspecified atom stereocenters. The van der Waals surface area contributed by atoms with Gasteiger partial charge < -0.3 is 5.32 Å². The SMILES string of the molecule is Cc1ccc(CNc2cc(Cl)ccc2C)c(Br)c1. The van der Waals surface area contributed by atoms with Crippen molar-refractivity contribution in [3.63, 3.8) is 0 Å². The van der Waals surface area contributed by atoms with Crippen LogP contribution in [0.25, 0.3) is 0 Å². The molecule has 0 aliphatic heterocycles. The second-order valence-electron chi connectivity index (χ2n) is 4.41. The second-order valence-corrected chi connectivity index (χ2v) is 5.70. The van der Waals surface area contributed by atoms with Crippen LogP contribution in [-0.4, -0.2) is 0 Å². The van der Waals surface area contributed by atoms with E-state index >= 15 is 0 Å². The lowest BCUT2D eigenvalue weighted by molar-refractivity contribution is 1.12. The van der Waals surface area contributed by atoms with Gasteiger partial charge in [0.25, 0.3) is 0 Å². The third-order valence-corrected chi connectivity index (χ3v) is 3.85. The van der Waals surface area contributed by atoms with E-state index < -0.39 is 0 Å². The van der Waals surface area contributed by atoms with Crippen molar-refractivity contribution in [2.24, 2.45) is 0 Å². The third-order valence-electron chi connectivity index (χ3n) is 2.88. The van der Waals surface area contributed by atoms with Gasteiger partial charge in [0.05, 0.1) is 0 Å². The van der Waals surface area contributed by atoms with Gasteiger partial charge in [0.15, 0.2) is 0 Å². The van der Waals surface area contributed by atoms with Gasteiger partial charge in [0, 0.05) is 21.7 Å². The van der Waals surface area contributed by atoms with Crippen LogP contribution in [0, 0.1) is 13.8 Å². The number of aryl methyl sites for hydroxylation is 2. The normalized spacial score (nSPS) is 10.4. The van der Waals surface area contributed by atoms with E-state index in [1.165, 1.54) is 16.7 Å². The minimum absolute atomic E-state index is 0.756. The number of anilines is 1. The van der Waals surface area contributed by atoms with Gasteiger partial charge in [-0.25, -0.2) is 0 Å². The highest BCUT2D eigenvalue weighted by Gasteiger charge is 2.02. The molecule has 3 heteroatoms. The number of hydrogen-bond donors (Lipinski definition) is 1. The minimum Gasteiger partial charge on any atom is -0.381 e. The zero-order valence-corrected chi connectivity index (χ0v) is 12.8. The van der Waals surface area contributed by atoms with Crippen molar-refractivity contribution in [3.05, 3.63) is 62.6 Å². The first kappa shape index (κ1) is 13.4. The Hall–Kier alpha value is -0.990. The molecule has 0 spiro atoms. The molecule has 0 fully saturated rings. The number of rotatable bonds is 3. The van der Waals surface area contributed by atoms with Gasteiger partial charge in [0.1, 0.15) is 0 Å². The molecule has 0 saturated heterocycles. The molecule has 18 heavy (non-hydrogen) atoms. The van der Waals surface area contributed by atoms with Crippen LogP contribution in [0.1, 0.15) is 16.7 Å². The highest BCUT2D eigenvalue weighted by molar-refractivity contribution is 9.10. The average Bonchev–Trinajstić information content (AvgIpc) is 2.32. The lowest BCUT2D eigenvalue weighted by atomic mass is 10.1. The Kier molecular flexibility index (Phi) is 4.31. The molecule has 0 aliphatic rings. The maximum atomic E-state index is 6.00. The van der Waals surface area contributed by atoms with Gasteiger partial charge in [-0.15, -0.1) is 0 Å². The number of hydrogen-bond acceptors (Lipinski definition) is 1. The average molecular weight is 325 g/mol. The highest BCUT2D eigenvalue weighted by Crippen LogP contribution is 2.23. The van der Waals surface area contributed by atoms with Crippen LogP contribution in [-0.2, 0) is 6.54 Å². The Labute approximate surface area is 121 Å². The molecule has 2 rings (SSSR count). The molecule has 0 radical (unpaired) electrons. The fourth-order valence-corrected chi connectivity index (χ4v) is 2.58. The topological polar surface area (TPSA) is 12.0 Å². The first-order valence-corrected chi connectivity index (χ1v) is 6.98. The molecule has 2 aromatic carbocycles. The van der Waals surface area contributed by atoms with Gasteiger partial charge in [-0.2, -0.15) is 0 Å². The van der Waals surface area contributed by atoms with Crippen LogP contribution < -0.4 is 5.32 Å². The molecule has 94 valence electrons. The summed E-state index contributed by atoms with van der Waals surface area (Å²) in [6.45, 7) is 4.94. The lowest BCUT2D eigenvalue weighted by Gasteiger charge is -2.11. The summed E-state index contributed by atoms with van der Waals surface area (Å²) in [6.07, 6.45) is 0. The van der Waals surface area contributed by atoms with Gasteiger partial charge in [-0.1, -0.05) is 45.7 Å². The molecule has 0 amide bonds. The monoisotopic (exact) mass is 323 g/mol. The Morgan fingerprint density at radius 3 is 2.61 bits per heavy atom. The van der Waals surface area contributed by atoms with Crippen LogP contribution in [0.3, 0.4) is 0 Å². The molecule has 0 bridgehead atoms. The van der Waals surface area contributed by atoms with Crippen LogP contribution in [0.15, 0.2) is 40.9 Å². The summed E-state index contributed by atoms with van der Waals surface area (Å²) in [5, 5.41) is 4.17. The minimum atomic E-state index is 0.756. The van der Waals surface area contributed by atoms with E-state index in [4.69, 9.17) is 11.6 Å². The smallest absolute Gasteiger partial charge is 0.0426 e. The number of benzene rings is 2. The molecule has 2 aromatic rings. The van der Waals surface area contributed by atoms with Gasteiger partial charge in [-0.3, -0.25) is 0 Å².